The monoisotopic (exact) mass is 258 g/mol. The Balaban J connectivity index is 2.02. The lowest BCUT2D eigenvalue weighted by atomic mass is 9.87. The molecule has 0 aliphatic heterocycles. The summed E-state index contributed by atoms with van der Waals surface area (Å²) >= 11 is 0. The van der Waals surface area contributed by atoms with Crippen molar-refractivity contribution in [2.24, 2.45) is 0 Å². The first-order chi connectivity index (χ1) is 8.97. The molecule has 0 fully saturated rings. The zero-order chi connectivity index (χ0) is 13.9. The van der Waals surface area contributed by atoms with Gasteiger partial charge in [0.1, 0.15) is 5.75 Å². The molecule has 0 unspecified atom stereocenters. The van der Waals surface area contributed by atoms with Crippen LogP contribution in [0.5, 0.6) is 5.75 Å². The fraction of sp³-hybridized carbons (Fsp3) is 0.312. The molecule has 0 N–H and O–H groups in total. The van der Waals surface area contributed by atoms with Crippen LogP contribution in [0.4, 0.5) is 0 Å². The minimum atomic E-state index is -0.161. The minimum Gasteiger partial charge on any atom is -0.485 e. The molecule has 0 radical (unpaired) electrons. The molecule has 0 saturated heterocycles. The third kappa shape index (κ3) is 3.47. The Labute approximate surface area is 113 Å². The van der Waals surface area contributed by atoms with Crippen LogP contribution in [-0.4, -0.2) is 12.4 Å². The number of hydrogen-bond donors (Lipinski definition) is 0. The van der Waals surface area contributed by atoms with E-state index < -0.39 is 0 Å². The van der Waals surface area contributed by atoms with Crippen molar-refractivity contribution in [1.29, 1.82) is 0 Å². The van der Waals surface area contributed by atoms with E-state index in [1.165, 1.54) is 11.8 Å². The molecule has 0 atom stereocenters. The van der Waals surface area contributed by atoms with Crippen molar-refractivity contribution in [3.63, 3.8) is 0 Å². The maximum Gasteiger partial charge on any atom is 0.235 e. The summed E-state index contributed by atoms with van der Waals surface area (Å²) in [4.78, 5) is 11.7. The number of carbonyl (C=O) groups excluding carboxylic acids is 1. The van der Waals surface area contributed by atoms with Crippen LogP contribution in [-0.2, 0) is 5.41 Å². The summed E-state index contributed by atoms with van der Waals surface area (Å²) in [6.07, 6.45) is 1.48. The molecule has 100 valence electrons. The molecule has 1 aromatic heterocycles. The van der Waals surface area contributed by atoms with E-state index >= 15 is 0 Å². The average Bonchev–Trinajstić information content (AvgIpc) is 2.89. The van der Waals surface area contributed by atoms with Gasteiger partial charge in [-0.1, -0.05) is 32.9 Å². The summed E-state index contributed by atoms with van der Waals surface area (Å²) < 4.78 is 10.6. The second-order valence-electron chi connectivity index (χ2n) is 5.47. The van der Waals surface area contributed by atoms with Gasteiger partial charge in [0.05, 0.1) is 6.26 Å². The number of rotatable bonds is 4. The molecule has 0 aliphatic carbocycles. The Morgan fingerprint density at radius 2 is 2.00 bits per heavy atom. The van der Waals surface area contributed by atoms with Crippen LogP contribution < -0.4 is 4.74 Å². The maximum absolute atomic E-state index is 11.7. The second-order valence-corrected chi connectivity index (χ2v) is 5.47. The van der Waals surface area contributed by atoms with Gasteiger partial charge in [-0.25, -0.2) is 0 Å². The molecule has 2 rings (SSSR count). The van der Waals surface area contributed by atoms with Gasteiger partial charge in [-0.05, 0) is 35.2 Å². The van der Waals surface area contributed by atoms with E-state index in [9.17, 15) is 4.79 Å². The van der Waals surface area contributed by atoms with Crippen LogP contribution in [0.2, 0.25) is 0 Å². The molecule has 1 aromatic carbocycles. The molecule has 3 nitrogen and oxygen atoms in total. The Morgan fingerprint density at radius 1 is 1.21 bits per heavy atom. The van der Waals surface area contributed by atoms with E-state index in [0.717, 1.165) is 0 Å². The van der Waals surface area contributed by atoms with Crippen molar-refractivity contribution >= 4 is 5.78 Å². The Morgan fingerprint density at radius 3 is 2.63 bits per heavy atom. The van der Waals surface area contributed by atoms with E-state index in [4.69, 9.17) is 9.15 Å². The van der Waals surface area contributed by atoms with Crippen LogP contribution in [0.1, 0.15) is 36.9 Å². The van der Waals surface area contributed by atoms with Gasteiger partial charge in [0.15, 0.2) is 12.4 Å². The van der Waals surface area contributed by atoms with Gasteiger partial charge in [-0.3, -0.25) is 4.79 Å². The van der Waals surface area contributed by atoms with Crippen LogP contribution >= 0.6 is 0 Å². The zero-order valence-electron chi connectivity index (χ0n) is 11.5. The molecule has 3 heteroatoms. The highest BCUT2D eigenvalue weighted by atomic mass is 16.5. The quantitative estimate of drug-likeness (QED) is 0.782. The van der Waals surface area contributed by atoms with Gasteiger partial charge in [0.2, 0.25) is 5.78 Å². The Bertz CT molecular complexity index is 548. The van der Waals surface area contributed by atoms with Crippen molar-refractivity contribution in [3.8, 4) is 5.75 Å². The standard InChI is InChI=1S/C16H18O3/c1-16(2,3)12-6-4-7-13(10-12)19-11-14(17)15-8-5-9-18-15/h4-10H,11H2,1-3H3. The Hall–Kier alpha value is -2.03. The number of Topliss-reactive ketones (excluding diaryl/α,β-unsaturated/α-hetero) is 1. The number of ether oxygens (including phenoxy) is 1. The summed E-state index contributed by atoms with van der Waals surface area (Å²) in [6.45, 7) is 6.40. The molecule has 0 aliphatic rings. The zero-order valence-corrected chi connectivity index (χ0v) is 11.5. The van der Waals surface area contributed by atoms with Crippen molar-refractivity contribution in [2.75, 3.05) is 6.61 Å². The highest BCUT2D eigenvalue weighted by Gasteiger charge is 2.15. The van der Waals surface area contributed by atoms with Crippen molar-refractivity contribution < 1.29 is 13.9 Å². The van der Waals surface area contributed by atoms with Gasteiger partial charge >= 0.3 is 0 Å². The van der Waals surface area contributed by atoms with E-state index in [0.29, 0.717) is 11.5 Å². The van der Waals surface area contributed by atoms with Gasteiger partial charge in [-0.2, -0.15) is 0 Å². The summed E-state index contributed by atoms with van der Waals surface area (Å²) in [6, 6.07) is 11.1. The molecule has 2 aromatic rings. The molecular formula is C16H18O3. The lowest BCUT2D eigenvalue weighted by molar-refractivity contribution is 0.0893. The number of carbonyl (C=O) groups is 1. The molecule has 19 heavy (non-hydrogen) atoms. The fourth-order valence-electron chi connectivity index (χ4n) is 1.71. The third-order valence-electron chi connectivity index (χ3n) is 2.87. The third-order valence-corrected chi connectivity index (χ3v) is 2.87. The second kappa shape index (κ2) is 5.31. The smallest absolute Gasteiger partial charge is 0.235 e. The molecule has 0 bridgehead atoms. The SMILES string of the molecule is CC(C)(C)c1cccc(OCC(=O)c2ccco2)c1. The predicted molar refractivity (Wildman–Crippen MR) is 73.7 cm³/mol. The van der Waals surface area contributed by atoms with Gasteiger partial charge in [-0.15, -0.1) is 0 Å². The molecule has 1 heterocycles. The highest BCUT2D eigenvalue weighted by Crippen LogP contribution is 2.25. The predicted octanol–water partition coefficient (Wildman–Crippen LogP) is 3.84. The van der Waals surface area contributed by atoms with Crippen molar-refractivity contribution in [1.82, 2.24) is 0 Å². The molecule has 0 amide bonds. The van der Waals surface area contributed by atoms with Crippen LogP contribution in [0.3, 0.4) is 0 Å². The molecule has 0 saturated carbocycles. The first-order valence-corrected chi connectivity index (χ1v) is 6.27. The van der Waals surface area contributed by atoms with Crippen molar-refractivity contribution in [2.45, 2.75) is 26.2 Å². The maximum atomic E-state index is 11.7. The average molecular weight is 258 g/mol. The number of furan rings is 1. The highest BCUT2D eigenvalue weighted by molar-refractivity contribution is 5.94. The lowest BCUT2D eigenvalue weighted by Gasteiger charge is -2.19. The first kappa shape index (κ1) is 13.4. The van der Waals surface area contributed by atoms with E-state index in [2.05, 4.69) is 26.8 Å². The first-order valence-electron chi connectivity index (χ1n) is 6.27. The topological polar surface area (TPSA) is 39.4 Å². The Kier molecular flexibility index (Phi) is 3.74. The summed E-state index contributed by atoms with van der Waals surface area (Å²) in [5.74, 6) is 0.866. The summed E-state index contributed by atoms with van der Waals surface area (Å²) in [5.41, 5.74) is 1.24. The fourth-order valence-corrected chi connectivity index (χ4v) is 1.71. The van der Waals surface area contributed by atoms with E-state index in [-0.39, 0.29) is 17.8 Å². The largest absolute Gasteiger partial charge is 0.485 e. The number of benzene rings is 1. The van der Waals surface area contributed by atoms with Crippen LogP contribution in [0, 0.1) is 0 Å². The number of ketones is 1. The molecule has 0 spiro atoms. The normalized spacial score (nSPS) is 11.3. The lowest BCUT2D eigenvalue weighted by Crippen LogP contribution is -2.13. The van der Waals surface area contributed by atoms with Crippen LogP contribution in [0.15, 0.2) is 47.1 Å². The van der Waals surface area contributed by atoms with Crippen LogP contribution in [0.25, 0.3) is 0 Å². The molecular weight excluding hydrogens is 240 g/mol. The van der Waals surface area contributed by atoms with Gasteiger partial charge in [0.25, 0.3) is 0 Å². The summed E-state index contributed by atoms with van der Waals surface area (Å²) in [5, 5.41) is 0. The van der Waals surface area contributed by atoms with Gasteiger partial charge < -0.3 is 9.15 Å². The van der Waals surface area contributed by atoms with Gasteiger partial charge in [0, 0.05) is 0 Å². The summed E-state index contributed by atoms with van der Waals surface area (Å²) in [7, 11) is 0. The van der Waals surface area contributed by atoms with E-state index in [1.54, 1.807) is 12.1 Å². The van der Waals surface area contributed by atoms with Crippen molar-refractivity contribution in [3.05, 3.63) is 54.0 Å². The number of hydrogen-bond acceptors (Lipinski definition) is 3. The van der Waals surface area contributed by atoms with E-state index in [1.807, 2.05) is 18.2 Å². The minimum absolute atomic E-state index is 0.0128.